The topological polar surface area (TPSA) is 95.5 Å². The van der Waals surface area contributed by atoms with Gasteiger partial charge in [0.15, 0.2) is 0 Å². The van der Waals surface area contributed by atoms with Crippen molar-refractivity contribution < 1.29 is 13.2 Å². The summed E-state index contributed by atoms with van der Waals surface area (Å²) in [6.07, 6.45) is 10.6. The molecule has 2 aliphatic rings. The molecular formula is C23H31N5O3S. The lowest BCUT2D eigenvalue weighted by Gasteiger charge is -2.32. The number of sulfonamides is 1. The van der Waals surface area contributed by atoms with E-state index in [0.717, 1.165) is 50.9 Å². The predicted octanol–water partition coefficient (Wildman–Crippen LogP) is 3.20. The zero-order valence-electron chi connectivity index (χ0n) is 18.5. The fourth-order valence-electron chi connectivity index (χ4n) is 4.47. The molecule has 1 N–H and O–H groups in total. The molecule has 4 rings (SSSR count). The van der Waals surface area contributed by atoms with Crippen LogP contribution >= 0.6 is 0 Å². The first kappa shape index (κ1) is 22.7. The molecule has 1 unspecified atom stereocenters. The summed E-state index contributed by atoms with van der Waals surface area (Å²) in [6.45, 7) is 4.31. The van der Waals surface area contributed by atoms with Gasteiger partial charge in [-0.15, -0.1) is 0 Å². The largest absolute Gasteiger partial charge is 0.355 e. The first-order valence-electron chi connectivity index (χ1n) is 11.4. The maximum absolute atomic E-state index is 13.3. The van der Waals surface area contributed by atoms with Gasteiger partial charge in [-0.25, -0.2) is 13.4 Å². The SMILES string of the molecule is Cc1ccc(NC(=O)C2CCCN(c3cnccn3)C2)cc1S(=O)(=O)N1CCCCCC1. The molecule has 1 amide bonds. The summed E-state index contributed by atoms with van der Waals surface area (Å²) >= 11 is 0. The van der Waals surface area contributed by atoms with E-state index < -0.39 is 10.0 Å². The van der Waals surface area contributed by atoms with Crippen molar-refractivity contribution in [3.8, 4) is 0 Å². The van der Waals surface area contributed by atoms with Crippen LogP contribution in [0.3, 0.4) is 0 Å². The molecule has 2 fully saturated rings. The van der Waals surface area contributed by atoms with Crippen LogP contribution in [-0.4, -0.2) is 54.8 Å². The number of amides is 1. The fourth-order valence-corrected chi connectivity index (χ4v) is 6.24. The van der Waals surface area contributed by atoms with E-state index in [1.807, 2.05) is 0 Å². The van der Waals surface area contributed by atoms with Gasteiger partial charge in [0, 0.05) is 44.3 Å². The minimum Gasteiger partial charge on any atom is -0.355 e. The number of nitrogens with zero attached hydrogens (tertiary/aromatic N) is 4. The van der Waals surface area contributed by atoms with Crippen LogP contribution in [-0.2, 0) is 14.8 Å². The van der Waals surface area contributed by atoms with Crippen LogP contribution < -0.4 is 10.2 Å². The lowest BCUT2D eigenvalue weighted by Crippen LogP contribution is -2.41. The highest BCUT2D eigenvalue weighted by Gasteiger charge is 2.29. The van der Waals surface area contributed by atoms with Crippen molar-refractivity contribution in [2.75, 3.05) is 36.4 Å². The normalized spacial score (nSPS) is 20.5. The maximum Gasteiger partial charge on any atom is 0.243 e. The van der Waals surface area contributed by atoms with Crippen LogP contribution in [0.15, 0.2) is 41.7 Å². The molecule has 1 aromatic heterocycles. The second-order valence-electron chi connectivity index (χ2n) is 8.64. The summed E-state index contributed by atoms with van der Waals surface area (Å²) in [5.74, 6) is 0.476. The van der Waals surface area contributed by atoms with Crippen molar-refractivity contribution in [3.63, 3.8) is 0 Å². The third-order valence-electron chi connectivity index (χ3n) is 6.30. The molecule has 2 aliphatic heterocycles. The molecule has 2 aromatic rings. The number of rotatable bonds is 5. The third-order valence-corrected chi connectivity index (χ3v) is 8.34. The van der Waals surface area contributed by atoms with Crippen LogP contribution in [0, 0.1) is 12.8 Å². The van der Waals surface area contributed by atoms with E-state index in [4.69, 9.17) is 0 Å². The first-order valence-corrected chi connectivity index (χ1v) is 12.8. The lowest BCUT2D eigenvalue weighted by molar-refractivity contribution is -0.120. The third kappa shape index (κ3) is 5.10. The van der Waals surface area contributed by atoms with E-state index in [9.17, 15) is 13.2 Å². The number of benzene rings is 1. The average Bonchev–Trinajstić information content (AvgIpc) is 3.11. The average molecular weight is 458 g/mol. The van der Waals surface area contributed by atoms with Crippen molar-refractivity contribution in [3.05, 3.63) is 42.4 Å². The summed E-state index contributed by atoms with van der Waals surface area (Å²) < 4.78 is 28.2. The highest BCUT2D eigenvalue weighted by molar-refractivity contribution is 7.89. The molecular weight excluding hydrogens is 426 g/mol. The Morgan fingerprint density at radius 1 is 1.06 bits per heavy atom. The van der Waals surface area contributed by atoms with Gasteiger partial charge in [0.25, 0.3) is 0 Å². The van der Waals surface area contributed by atoms with Gasteiger partial charge in [0.2, 0.25) is 15.9 Å². The minimum atomic E-state index is -3.59. The van der Waals surface area contributed by atoms with Crippen LogP contribution in [0.2, 0.25) is 0 Å². The number of hydrogen-bond acceptors (Lipinski definition) is 6. The van der Waals surface area contributed by atoms with Crippen molar-refractivity contribution in [2.45, 2.75) is 50.3 Å². The first-order chi connectivity index (χ1) is 15.4. The smallest absolute Gasteiger partial charge is 0.243 e. The Hall–Kier alpha value is -2.52. The molecule has 0 radical (unpaired) electrons. The molecule has 0 aliphatic carbocycles. The van der Waals surface area contributed by atoms with Crippen LogP contribution in [0.4, 0.5) is 11.5 Å². The number of nitrogens with one attached hydrogen (secondary N) is 1. The van der Waals surface area contributed by atoms with Gasteiger partial charge in [-0.1, -0.05) is 18.9 Å². The summed E-state index contributed by atoms with van der Waals surface area (Å²) in [5.41, 5.74) is 1.21. The zero-order chi connectivity index (χ0) is 22.6. The van der Waals surface area contributed by atoms with E-state index in [2.05, 4.69) is 20.2 Å². The number of piperidine rings is 1. The van der Waals surface area contributed by atoms with E-state index in [1.165, 1.54) is 0 Å². The summed E-state index contributed by atoms with van der Waals surface area (Å²) in [5, 5.41) is 2.95. The number of hydrogen-bond donors (Lipinski definition) is 1. The maximum atomic E-state index is 13.3. The molecule has 0 saturated carbocycles. The molecule has 1 atom stereocenters. The highest BCUT2D eigenvalue weighted by atomic mass is 32.2. The van der Waals surface area contributed by atoms with E-state index in [1.54, 1.807) is 48.0 Å². The van der Waals surface area contributed by atoms with Crippen molar-refractivity contribution in [2.24, 2.45) is 5.92 Å². The van der Waals surface area contributed by atoms with Gasteiger partial charge >= 0.3 is 0 Å². The Morgan fingerprint density at radius 2 is 1.84 bits per heavy atom. The van der Waals surface area contributed by atoms with Crippen LogP contribution in [0.1, 0.15) is 44.1 Å². The number of anilines is 2. The second-order valence-corrected chi connectivity index (χ2v) is 10.5. The van der Waals surface area contributed by atoms with Crippen molar-refractivity contribution in [1.29, 1.82) is 0 Å². The molecule has 9 heteroatoms. The molecule has 0 spiro atoms. The van der Waals surface area contributed by atoms with Crippen molar-refractivity contribution in [1.82, 2.24) is 14.3 Å². The molecule has 172 valence electrons. The number of aryl methyl sites for hydroxylation is 1. The Labute approximate surface area is 190 Å². The van der Waals surface area contributed by atoms with Gasteiger partial charge in [-0.3, -0.25) is 9.78 Å². The van der Waals surface area contributed by atoms with Crippen LogP contribution in [0.25, 0.3) is 0 Å². The van der Waals surface area contributed by atoms with Crippen molar-refractivity contribution >= 4 is 27.4 Å². The van der Waals surface area contributed by atoms with Gasteiger partial charge in [0.05, 0.1) is 17.0 Å². The van der Waals surface area contributed by atoms with Gasteiger partial charge in [-0.05, 0) is 50.3 Å². The number of carbonyl (C=O) groups is 1. The molecule has 32 heavy (non-hydrogen) atoms. The predicted molar refractivity (Wildman–Crippen MR) is 124 cm³/mol. The Kier molecular flexibility index (Phi) is 7.05. The monoisotopic (exact) mass is 457 g/mol. The molecule has 2 saturated heterocycles. The zero-order valence-corrected chi connectivity index (χ0v) is 19.4. The molecule has 3 heterocycles. The number of aromatic nitrogens is 2. The second kappa shape index (κ2) is 9.95. The van der Waals surface area contributed by atoms with Gasteiger partial charge in [0.1, 0.15) is 5.82 Å². The fraction of sp³-hybridized carbons (Fsp3) is 0.522. The highest BCUT2D eigenvalue weighted by Crippen LogP contribution is 2.27. The standard InChI is InChI=1S/C23H31N5O3S/c1-18-8-9-20(15-21(18)32(30,31)28-13-4-2-3-5-14-28)26-23(29)19-7-6-12-27(17-19)22-16-24-10-11-25-22/h8-11,15-16,19H,2-7,12-14,17H2,1H3,(H,26,29). The van der Waals surface area contributed by atoms with E-state index >= 15 is 0 Å². The van der Waals surface area contributed by atoms with Gasteiger partial charge < -0.3 is 10.2 Å². The summed E-state index contributed by atoms with van der Waals surface area (Å²) in [7, 11) is -3.59. The molecule has 8 nitrogen and oxygen atoms in total. The number of carbonyl (C=O) groups excluding carboxylic acids is 1. The van der Waals surface area contributed by atoms with E-state index in [0.29, 0.717) is 30.9 Å². The Balaban J connectivity index is 1.48. The minimum absolute atomic E-state index is 0.0967. The van der Waals surface area contributed by atoms with E-state index in [-0.39, 0.29) is 16.7 Å². The Bertz CT molecular complexity index is 1040. The van der Waals surface area contributed by atoms with Crippen LogP contribution in [0.5, 0.6) is 0 Å². The van der Waals surface area contributed by atoms with Gasteiger partial charge in [-0.2, -0.15) is 4.31 Å². The molecule has 0 bridgehead atoms. The lowest BCUT2D eigenvalue weighted by atomic mass is 9.97. The quantitative estimate of drug-likeness (QED) is 0.741. The summed E-state index contributed by atoms with van der Waals surface area (Å²) in [4.78, 5) is 23.8. The summed E-state index contributed by atoms with van der Waals surface area (Å²) in [6, 6.07) is 5.15. The Morgan fingerprint density at radius 3 is 2.56 bits per heavy atom. The molecule has 1 aromatic carbocycles.